The lowest BCUT2D eigenvalue weighted by Crippen LogP contribution is -2.38. The largest absolute Gasteiger partial charge is 0.390 e. The van der Waals surface area contributed by atoms with E-state index in [-0.39, 0.29) is 12.5 Å². The van der Waals surface area contributed by atoms with Gasteiger partial charge in [-0.3, -0.25) is 4.89 Å². The monoisotopic (exact) mass is 258 g/mol. The van der Waals surface area contributed by atoms with Crippen molar-refractivity contribution in [1.29, 1.82) is 0 Å². The summed E-state index contributed by atoms with van der Waals surface area (Å²) in [7, 11) is 0. The standard InChI is InChI=1S/C14H26O4/c1-9(2)12-6-5-10(3)7-13(12)14(16)8-17-18-11(4)15/h9-10,12-14,16H,5-8H2,1-4H3. The van der Waals surface area contributed by atoms with E-state index in [1.54, 1.807) is 0 Å². The highest BCUT2D eigenvalue weighted by atomic mass is 17.2. The van der Waals surface area contributed by atoms with Gasteiger partial charge in [-0.15, -0.1) is 0 Å². The maximum absolute atomic E-state index is 10.6. The Labute approximate surface area is 110 Å². The van der Waals surface area contributed by atoms with Crippen LogP contribution in [0.4, 0.5) is 0 Å². The van der Waals surface area contributed by atoms with E-state index in [1.807, 2.05) is 0 Å². The Morgan fingerprint density at radius 1 is 1.33 bits per heavy atom. The van der Waals surface area contributed by atoms with Gasteiger partial charge in [0.15, 0.2) is 0 Å². The van der Waals surface area contributed by atoms with Crippen LogP contribution in [0.25, 0.3) is 0 Å². The molecular formula is C14H26O4. The van der Waals surface area contributed by atoms with Crippen LogP contribution >= 0.6 is 0 Å². The zero-order chi connectivity index (χ0) is 13.7. The Bertz CT molecular complexity index is 265. The van der Waals surface area contributed by atoms with E-state index in [2.05, 4.69) is 25.7 Å². The minimum Gasteiger partial charge on any atom is -0.390 e. The molecule has 106 valence electrons. The molecule has 0 aliphatic heterocycles. The summed E-state index contributed by atoms with van der Waals surface area (Å²) in [6.45, 7) is 7.98. The molecule has 1 aliphatic rings. The van der Waals surface area contributed by atoms with Crippen LogP contribution in [-0.2, 0) is 14.6 Å². The first-order valence-corrected chi connectivity index (χ1v) is 6.90. The summed E-state index contributed by atoms with van der Waals surface area (Å²) < 4.78 is 0. The Hall–Kier alpha value is -0.610. The van der Waals surface area contributed by atoms with E-state index in [0.29, 0.717) is 17.8 Å². The Kier molecular flexibility index (Phi) is 6.09. The van der Waals surface area contributed by atoms with Crippen LogP contribution in [0.5, 0.6) is 0 Å². The van der Waals surface area contributed by atoms with Crippen LogP contribution in [-0.4, -0.2) is 23.8 Å². The van der Waals surface area contributed by atoms with Crippen molar-refractivity contribution < 1.29 is 19.7 Å². The maximum Gasteiger partial charge on any atom is 0.339 e. The van der Waals surface area contributed by atoms with Crippen LogP contribution in [0.15, 0.2) is 0 Å². The Balaban J connectivity index is 2.50. The highest BCUT2D eigenvalue weighted by molar-refractivity contribution is 5.65. The second kappa shape index (κ2) is 7.10. The van der Waals surface area contributed by atoms with Gasteiger partial charge in [-0.25, -0.2) is 4.79 Å². The van der Waals surface area contributed by atoms with Gasteiger partial charge >= 0.3 is 5.97 Å². The predicted molar refractivity (Wildman–Crippen MR) is 68.6 cm³/mol. The van der Waals surface area contributed by atoms with Crippen molar-refractivity contribution in [3.05, 3.63) is 0 Å². The van der Waals surface area contributed by atoms with Crippen LogP contribution in [0.2, 0.25) is 0 Å². The summed E-state index contributed by atoms with van der Waals surface area (Å²) >= 11 is 0. The average Bonchev–Trinajstić information content (AvgIpc) is 2.27. The van der Waals surface area contributed by atoms with Gasteiger partial charge in [-0.1, -0.05) is 27.2 Å². The molecule has 1 N–H and O–H groups in total. The summed E-state index contributed by atoms with van der Waals surface area (Å²) in [6.07, 6.45) is 2.86. The lowest BCUT2D eigenvalue weighted by Gasteiger charge is -2.39. The van der Waals surface area contributed by atoms with E-state index < -0.39 is 12.1 Å². The molecule has 0 aromatic rings. The number of carbonyl (C=O) groups excluding carboxylic acids is 1. The van der Waals surface area contributed by atoms with E-state index in [4.69, 9.17) is 4.89 Å². The normalized spacial score (nSPS) is 30.2. The fourth-order valence-electron chi connectivity index (χ4n) is 3.03. The van der Waals surface area contributed by atoms with E-state index in [9.17, 15) is 9.90 Å². The number of aliphatic hydroxyl groups excluding tert-OH is 1. The summed E-state index contributed by atoms with van der Waals surface area (Å²) in [6, 6.07) is 0. The third-order valence-electron chi connectivity index (χ3n) is 3.98. The van der Waals surface area contributed by atoms with Crippen molar-refractivity contribution in [3.63, 3.8) is 0 Å². The zero-order valence-electron chi connectivity index (χ0n) is 11.9. The fraction of sp³-hybridized carbons (Fsp3) is 0.929. The summed E-state index contributed by atoms with van der Waals surface area (Å²) in [5.74, 6) is 1.49. The third kappa shape index (κ3) is 4.58. The first-order valence-electron chi connectivity index (χ1n) is 6.90. The van der Waals surface area contributed by atoms with E-state index in [1.165, 1.54) is 13.3 Å². The highest BCUT2D eigenvalue weighted by Gasteiger charge is 2.35. The van der Waals surface area contributed by atoms with Crippen molar-refractivity contribution in [3.8, 4) is 0 Å². The topological polar surface area (TPSA) is 55.8 Å². The predicted octanol–water partition coefficient (Wildman–Crippen LogP) is 2.55. The lowest BCUT2D eigenvalue weighted by atomic mass is 9.68. The molecule has 0 aromatic heterocycles. The minimum atomic E-state index is -0.556. The van der Waals surface area contributed by atoms with Crippen molar-refractivity contribution in [2.24, 2.45) is 23.7 Å². The van der Waals surface area contributed by atoms with Crippen molar-refractivity contribution in [2.45, 2.75) is 53.1 Å². The molecule has 4 nitrogen and oxygen atoms in total. The molecule has 0 spiro atoms. The Morgan fingerprint density at radius 3 is 2.56 bits per heavy atom. The molecule has 18 heavy (non-hydrogen) atoms. The molecule has 0 heterocycles. The first-order chi connectivity index (χ1) is 8.41. The van der Waals surface area contributed by atoms with Crippen molar-refractivity contribution in [2.75, 3.05) is 6.61 Å². The molecule has 0 amide bonds. The molecule has 1 aliphatic carbocycles. The quantitative estimate of drug-likeness (QED) is 0.608. The van der Waals surface area contributed by atoms with Crippen LogP contribution < -0.4 is 0 Å². The molecule has 0 radical (unpaired) electrons. The van der Waals surface area contributed by atoms with Gasteiger partial charge in [0, 0.05) is 6.92 Å². The van der Waals surface area contributed by atoms with Crippen molar-refractivity contribution in [1.82, 2.24) is 0 Å². The zero-order valence-corrected chi connectivity index (χ0v) is 11.9. The summed E-state index contributed by atoms with van der Waals surface area (Å²) in [5, 5.41) is 10.2. The summed E-state index contributed by atoms with van der Waals surface area (Å²) in [4.78, 5) is 19.8. The molecular weight excluding hydrogens is 232 g/mol. The molecule has 1 rings (SSSR count). The lowest BCUT2D eigenvalue weighted by molar-refractivity contribution is -0.283. The van der Waals surface area contributed by atoms with Gasteiger partial charge in [-0.05, 0) is 36.5 Å². The second-order valence-electron chi connectivity index (χ2n) is 5.92. The summed E-state index contributed by atoms with van der Waals surface area (Å²) in [5.41, 5.74) is 0. The molecule has 0 saturated heterocycles. The molecule has 4 heteroatoms. The number of hydrogen-bond acceptors (Lipinski definition) is 4. The van der Waals surface area contributed by atoms with Gasteiger partial charge < -0.3 is 5.11 Å². The van der Waals surface area contributed by atoms with Gasteiger partial charge in [0.25, 0.3) is 0 Å². The number of carbonyl (C=O) groups is 1. The molecule has 4 atom stereocenters. The van der Waals surface area contributed by atoms with Gasteiger partial charge in [0.1, 0.15) is 6.61 Å². The number of hydrogen-bond donors (Lipinski definition) is 1. The van der Waals surface area contributed by atoms with Gasteiger partial charge in [0.05, 0.1) is 6.10 Å². The minimum absolute atomic E-state index is 0.0696. The van der Waals surface area contributed by atoms with Crippen LogP contribution in [0, 0.1) is 23.7 Å². The van der Waals surface area contributed by atoms with Gasteiger partial charge in [0.2, 0.25) is 0 Å². The third-order valence-corrected chi connectivity index (χ3v) is 3.98. The number of aliphatic hydroxyl groups is 1. The molecule has 1 saturated carbocycles. The number of rotatable bonds is 5. The first kappa shape index (κ1) is 15.4. The second-order valence-corrected chi connectivity index (χ2v) is 5.92. The molecule has 4 unspecified atom stereocenters. The van der Waals surface area contributed by atoms with Crippen molar-refractivity contribution >= 4 is 5.97 Å². The van der Waals surface area contributed by atoms with E-state index >= 15 is 0 Å². The smallest absolute Gasteiger partial charge is 0.339 e. The van der Waals surface area contributed by atoms with Crippen LogP contribution in [0.1, 0.15) is 47.0 Å². The van der Waals surface area contributed by atoms with Crippen LogP contribution in [0.3, 0.4) is 0 Å². The average molecular weight is 258 g/mol. The molecule has 0 bridgehead atoms. The van der Waals surface area contributed by atoms with E-state index in [0.717, 1.165) is 12.8 Å². The molecule has 1 fully saturated rings. The highest BCUT2D eigenvalue weighted by Crippen LogP contribution is 2.39. The Morgan fingerprint density at radius 2 is 2.00 bits per heavy atom. The van der Waals surface area contributed by atoms with Gasteiger partial charge in [-0.2, -0.15) is 4.89 Å². The fourth-order valence-corrected chi connectivity index (χ4v) is 3.03. The molecule has 0 aromatic carbocycles. The SMILES string of the molecule is CC(=O)OOCC(O)C1CC(C)CCC1C(C)C. The maximum atomic E-state index is 10.6.